The van der Waals surface area contributed by atoms with E-state index < -0.39 is 0 Å². The largest absolute Gasteiger partial charge is 0.376 e. The van der Waals surface area contributed by atoms with E-state index in [0.717, 1.165) is 31.0 Å². The van der Waals surface area contributed by atoms with Crippen LogP contribution < -0.4 is 0 Å². The number of ether oxygens (including phenoxy) is 1. The Balaban J connectivity index is 1.23. The Morgan fingerprint density at radius 3 is 2.48 bits per heavy atom. The highest BCUT2D eigenvalue weighted by molar-refractivity contribution is 5.13. The van der Waals surface area contributed by atoms with E-state index in [1.165, 1.54) is 81.2 Å². The van der Waals surface area contributed by atoms with E-state index in [9.17, 15) is 0 Å². The van der Waals surface area contributed by atoms with Gasteiger partial charge in [0.2, 0.25) is 0 Å². The van der Waals surface area contributed by atoms with Gasteiger partial charge in [-0.15, -0.1) is 0 Å². The van der Waals surface area contributed by atoms with Crippen molar-refractivity contribution in [2.45, 2.75) is 65.3 Å². The molecule has 0 spiro atoms. The number of quaternary nitrogens is 1. The quantitative estimate of drug-likeness (QED) is 0.423. The molecule has 1 heterocycles. The minimum Gasteiger partial charge on any atom is -0.376 e. The summed E-state index contributed by atoms with van der Waals surface area (Å²) < 4.78 is 7.46. The van der Waals surface area contributed by atoms with Crippen molar-refractivity contribution >= 4 is 0 Å². The van der Waals surface area contributed by atoms with Gasteiger partial charge in [0.05, 0.1) is 19.7 Å². The van der Waals surface area contributed by atoms with Crippen LogP contribution in [0.5, 0.6) is 0 Å². The lowest BCUT2D eigenvalue weighted by molar-refractivity contribution is -0.945. The first-order valence-corrected chi connectivity index (χ1v) is 11.6. The molecule has 3 aliphatic carbocycles. The maximum absolute atomic E-state index is 6.22. The zero-order valence-electron chi connectivity index (χ0n) is 17.7. The summed E-state index contributed by atoms with van der Waals surface area (Å²) in [4.78, 5) is 0. The number of rotatable bonds is 8. The zero-order chi connectivity index (χ0) is 18.7. The maximum Gasteiger partial charge on any atom is 0.104 e. The molecule has 0 radical (unpaired) electrons. The van der Waals surface area contributed by atoms with Gasteiger partial charge >= 0.3 is 0 Å². The molecule has 1 aromatic carbocycles. The average molecular weight is 371 g/mol. The molecule has 1 aliphatic heterocycles. The van der Waals surface area contributed by atoms with Gasteiger partial charge in [-0.1, -0.05) is 44.2 Å². The first-order valence-electron chi connectivity index (χ1n) is 11.6. The van der Waals surface area contributed by atoms with Crippen molar-refractivity contribution in [1.29, 1.82) is 0 Å². The van der Waals surface area contributed by atoms with Gasteiger partial charge < -0.3 is 9.22 Å². The molecule has 5 rings (SSSR count). The predicted molar refractivity (Wildman–Crippen MR) is 112 cm³/mol. The van der Waals surface area contributed by atoms with Crippen molar-refractivity contribution in [3.8, 4) is 0 Å². The number of hydrogen-bond donors (Lipinski definition) is 0. The summed E-state index contributed by atoms with van der Waals surface area (Å²) in [5.41, 5.74) is 2.10. The van der Waals surface area contributed by atoms with Gasteiger partial charge in [-0.05, 0) is 68.1 Å². The van der Waals surface area contributed by atoms with Crippen molar-refractivity contribution in [3.63, 3.8) is 0 Å². The van der Waals surface area contributed by atoms with Crippen LogP contribution in [0.1, 0.15) is 64.4 Å². The second-order valence-electron chi connectivity index (χ2n) is 10.3. The molecule has 27 heavy (non-hydrogen) atoms. The summed E-state index contributed by atoms with van der Waals surface area (Å²) in [7, 11) is 0. The molecule has 150 valence electrons. The van der Waals surface area contributed by atoms with Crippen LogP contribution in [0, 0.1) is 23.2 Å². The van der Waals surface area contributed by atoms with Crippen molar-refractivity contribution in [2.75, 3.05) is 32.8 Å². The van der Waals surface area contributed by atoms with Gasteiger partial charge in [0.15, 0.2) is 0 Å². The molecule has 2 bridgehead atoms. The first kappa shape index (κ1) is 19.5. The molecular weight excluding hydrogens is 330 g/mol. The van der Waals surface area contributed by atoms with Crippen LogP contribution in [-0.2, 0) is 11.3 Å². The Labute approximate surface area is 166 Å². The Morgan fingerprint density at radius 1 is 1.00 bits per heavy atom. The van der Waals surface area contributed by atoms with Crippen molar-refractivity contribution in [1.82, 2.24) is 0 Å². The van der Waals surface area contributed by atoms with Crippen LogP contribution >= 0.6 is 0 Å². The number of likely N-dealkylation sites (tertiary alicyclic amines) is 1. The summed E-state index contributed by atoms with van der Waals surface area (Å²) >= 11 is 0. The van der Waals surface area contributed by atoms with E-state index in [2.05, 4.69) is 44.2 Å². The van der Waals surface area contributed by atoms with Crippen LogP contribution in [0.3, 0.4) is 0 Å². The van der Waals surface area contributed by atoms with Crippen LogP contribution in [0.25, 0.3) is 0 Å². The van der Waals surface area contributed by atoms with Crippen molar-refractivity contribution < 1.29 is 9.22 Å². The molecule has 0 aromatic heterocycles. The Morgan fingerprint density at radius 2 is 1.78 bits per heavy atom. The van der Waals surface area contributed by atoms with Gasteiger partial charge in [0.1, 0.15) is 13.1 Å². The molecule has 3 saturated carbocycles. The number of piperidine rings is 1. The summed E-state index contributed by atoms with van der Waals surface area (Å²) in [6.07, 6.45) is 9.88. The number of nitrogens with zero attached hydrogens (tertiary/aromatic N) is 1. The minimum atomic E-state index is 0.613. The summed E-state index contributed by atoms with van der Waals surface area (Å²) in [6.45, 7) is 12.0. The van der Waals surface area contributed by atoms with Gasteiger partial charge in [-0.3, -0.25) is 0 Å². The third kappa shape index (κ3) is 4.27. The lowest BCUT2D eigenvalue weighted by Crippen LogP contribution is -2.53. The van der Waals surface area contributed by atoms with Crippen LogP contribution in [0.2, 0.25) is 0 Å². The molecule has 0 amide bonds. The zero-order valence-corrected chi connectivity index (χ0v) is 17.7. The lowest BCUT2D eigenvalue weighted by Gasteiger charge is -2.60. The average Bonchev–Trinajstić information content (AvgIpc) is 2.69. The Bertz CT molecular complexity index is 588. The standard InChI is InChI=1S/C25H40NO/c1-25(2)23-12-11-22(24(25)19-23)13-17-27-18-16-26(14-7-4-8-15-26)20-21-9-5-3-6-10-21/h3,5-6,9-10,22-24H,4,7-8,11-20H2,1-2H3/q+1. The molecule has 1 aromatic rings. The highest BCUT2D eigenvalue weighted by Gasteiger charge is 2.53. The van der Waals surface area contributed by atoms with Gasteiger partial charge in [-0.2, -0.15) is 0 Å². The SMILES string of the molecule is CC1(C)C2CCC(CCOCC[N+]3(Cc4ccccc4)CCCCC3)C1C2. The lowest BCUT2D eigenvalue weighted by atomic mass is 9.45. The summed E-state index contributed by atoms with van der Waals surface area (Å²) in [5, 5.41) is 0. The monoisotopic (exact) mass is 370 g/mol. The smallest absolute Gasteiger partial charge is 0.104 e. The van der Waals surface area contributed by atoms with Crippen molar-refractivity contribution in [2.24, 2.45) is 23.2 Å². The first-order chi connectivity index (χ1) is 13.1. The van der Waals surface area contributed by atoms with Crippen LogP contribution in [-0.4, -0.2) is 37.3 Å². The topological polar surface area (TPSA) is 9.23 Å². The number of hydrogen-bond acceptors (Lipinski definition) is 1. The molecule has 3 unspecified atom stereocenters. The molecule has 3 atom stereocenters. The van der Waals surface area contributed by atoms with Crippen molar-refractivity contribution in [3.05, 3.63) is 35.9 Å². The highest BCUT2D eigenvalue weighted by Crippen LogP contribution is 2.61. The third-order valence-electron chi connectivity index (χ3n) is 8.47. The molecule has 2 heteroatoms. The van der Waals surface area contributed by atoms with Gasteiger partial charge in [-0.25, -0.2) is 0 Å². The molecule has 1 saturated heterocycles. The third-order valence-corrected chi connectivity index (χ3v) is 8.47. The highest BCUT2D eigenvalue weighted by atomic mass is 16.5. The fourth-order valence-corrected chi connectivity index (χ4v) is 6.52. The fourth-order valence-electron chi connectivity index (χ4n) is 6.52. The van der Waals surface area contributed by atoms with E-state index >= 15 is 0 Å². The van der Waals surface area contributed by atoms with Gasteiger partial charge in [0.25, 0.3) is 0 Å². The Kier molecular flexibility index (Phi) is 5.94. The second kappa shape index (κ2) is 8.25. The normalized spacial score (nSPS) is 31.3. The van der Waals surface area contributed by atoms with Crippen LogP contribution in [0.4, 0.5) is 0 Å². The Hall–Kier alpha value is -0.860. The maximum atomic E-state index is 6.22. The van der Waals surface area contributed by atoms with E-state index in [-0.39, 0.29) is 0 Å². The molecule has 4 aliphatic rings. The molecule has 2 nitrogen and oxygen atoms in total. The van der Waals surface area contributed by atoms with Crippen LogP contribution in [0.15, 0.2) is 30.3 Å². The number of fused-ring (bicyclic) bond motifs is 2. The van der Waals surface area contributed by atoms with E-state index in [1.54, 1.807) is 0 Å². The fraction of sp³-hybridized carbons (Fsp3) is 0.760. The second-order valence-corrected chi connectivity index (χ2v) is 10.3. The van der Waals surface area contributed by atoms with E-state index in [1.807, 2.05) is 0 Å². The molecule has 4 fully saturated rings. The summed E-state index contributed by atoms with van der Waals surface area (Å²) in [5.74, 6) is 2.91. The molecule has 0 N–H and O–H groups in total. The number of benzene rings is 1. The summed E-state index contributed by atoms with van der Waals surface area (Å²) in [6, 6.07) is 11.1. The van der Waals surface area contributed by atoms with E-state index in [0.29, 0.717) is 5.41 Å². The van der Waals surface area contributed by atoms with E-state index in [4.69, 9.17) is 4.74 Å². The van der Waals surface area contributed by atoms with Gasteiger partial charge in [0, 0.05) is 12.2 Å². The predicted octanol–water partition coefficient (Wildman–Crippen LogP) is 5.67. The molecular formula is C25H40NO+. The minimum absolute atomic E-state index is 0.613.